The van der Waals surface area contributed by atoms with Gasteiger partial charge in [0.05, 0.1) is 12.5 Å². The minimum absolute atomic E-state index is 0.0272. The Bertz CT molecular complexity index is 349. The molecule has 0 aromatic rings. The van der Waals surface area contributed by atoms with Crippen molar-refractivity contribution in [3.05, 3.63) is 0 Å². The molecule has 2 atom stereocenters. The number of nitrogens with one attached hydrogen (secondary N) is 1. The lowest BCUT2D eigenvalue weighted by Gasteiger charge is -2.49. The van der Waals surface area contributed by atoms with Crippen molar-refractivity contribution in [2.24, 2.45) is 10.8 Å². The van der Waals surface area contributed by atoms with Gasteiger partial charge in [-0.15, -0.1) is 0 Å². The van der Waals surface area contributed by atoms with E-state index in [2.05, 4.69) is 5.32 Å². The fourth-order valence-electron chi connectivity index (χ4n) is 2.30. The Labute approximate surface area is 108 Å². The SMILES string of the molecule is CC(C)(CC(=O)O)CC(=O)NC1CC(O)C1(C)C. The van der Waals surface area contributed by atoms with Gasteiger partial charge in [0.15, 0.2) is 0 Å². The number of carboxylic acid groups (broad SMARTS) is 1. The van der Waals surface area contributed by atoms with E-state index in [0.717, 1.165) is 0 Å². The van der Waals surface area contributed by atoms with E-state index in [1.165, 1.54) is 0 Å². The van der Waals surface area contributed by atoms with Crippen LogP contribution in [-0.4, -0.2) is 34.2 Å². The lowest BCUT2D eigenvalue weighted by molar-refractivity contribution is -0.140. The number of carbonyl (C=O) groups is 2. The van der Waals surface area contributed by atoms with E-state index >= 15 is 0 Å². The zero-order valence-corrected chi connectivity index (χ0v) is 11.5. The fourth-order valence-corrected chi connectivity index (χ4v) is 2.30. The predicted molar refractivity (Wildman–Crippen MR) is 67.0 cm³/mol. The van der Waals surface area contributed by atoms with Crippen molar-refractivity contribution in [1.29, 1.82) is 0 Å². The van der Waals surface area contributed by atoms with Gasteiger partial charge >= 0.3 is 5.97 Å². The zero-order chi connectivity index (χ0) is 14.1. The zero-order valence-electron chi connectivity index (χ0n) is 11.5. The third kappa shape index (κ3) is 3.45. The summed E-state index contributed by atoms with van der Waals surface area (Å²) in [6.45, 7) is 7.35. The number of aliphatic hydroxyl groups excluding tert-OH is 1. The molecule has 1 fully saturated rings. The van der Waals surface area contributed by atoms with Crippen LogP contribution in [0, 0.1) is 10.8 Å². The Balaban J connectivity index is 2.46. The minimum Gasteiger partial charge on any atom is -0.481 e. The molecule has 0 radical (unpaired) electrons. The summed E-state index contributed by atoms with van der Waals surface area (Å²) in [4.78, 5) is 22.5. The molecule has 0 heterocycles. The van der Waals surface area contributed by atoms with E-state index in [1.807, 2.05) is 13.8 Å². The van der Waals surface area contributed by atoms with Crippen LogP contribution in [0.4, 0.5) is 0 Å². The Morgan fingerprint density at radius 2 is 1.89 bits per heavy atom. The number of carbonyl (C=O) groups excluding carboxylic acids is 1. The average molecular weight is 257 g/mol. The first-order chi connectivity index (χ1) is 8.04. The van der Waals surface area contributed by atoms with Crippen LogP contribution in [0.5, 0.6) is 0 Å². The molecule has 0 bridgehead atoms. The summed E-state index contributed by atoms with van der Waals surface area (Å²) in [6, 6.07) is -0.0272. The summed E-state index contributed by atoms with van der Waals surface area (Å²) in [5, 5.41) is 21.2. The first-order valence-electron chi connectivity index (χ1n) is 6.24. The molecule has 0 saturated heterocycles. The van der Waals surface area contributed by atoms with Crippen LogP contribution in [-0.2, 0) is 9.59 Å². The number of aliphatic carboxylic acids is 1. The van der Waals surface area contributed by atoms with E-state index in [4.69, 9.17) is 5.11 Å². The van der Waals surface area contributed by atoms with Crippen molar-refractivity contribution in [2.45, 2.75) is 59.1 Å². The maximum atomic E-state index is 11.9. The van der Waals surface area contributed by atoms with Gasteiger partial charge in [-0.1, -0.05) is 27.7 Å². The van der Waals surface area contributed by atoms with Crippen LogP contribution in [0.3, 0.4) is 0 Å². The molecule has 1 aliphatic rings. The van der Waals surface area contributed by atoms with Gasteiger partial charge in [0.1, 0.15) is 0 Å². The van der Waals surface area contributed by atoms with Crippen LogP contribution in [0.1, 0.15) is 47.0 Å². The molecule has 0 aromatic carbocycles. The molecule has 0 aromatic heterocycles. The molecule has 2 unspecified atom stereocenters. The molecular weight excluding hydrogens is 234 g/mol. The second-order valence-electron chi connectivity index (χ2n) is 6.60. The highest BCUT2D eigenvalue weighted by Gasteiger charge is 2.48. The van der Waals surface area contributed by atoms with Crippen LogP contribution in [0.25, 0.3) is 0 Å². The molecule has 1 rings (SSSR count). The molecule has 3 N–H and O–H groups in total. The van der Waals surface area contributed by atoms with Gasteiger partial charge in [0.2, 0.25) is 5.91 Å². The van der Waals surface area contributed by atoms with Crippen molar-refractivity contribution in [1.82, 2.24) is 5.32 Å². The molecule has 18 heavy (non-hydrogen) atoms. The number of aliphatic hydroxyl groups is 1. The van der Waals surface area contributed by atoms with Crippen LogP contribution in [0.15, 0.2) is 0 Å². The summed E-state index contributed by atoms with van der Waals surface area (Å²) in [7, 11) is 0. The molecule has 104 valence electrons. The first kappa shape index (κ1) is 15.0. The minimum atomic E-state index is -0.896. The summed E-state index contributed by atoms with van der Waals surface area (Å²) in [5.41, 5.74) is -0.852. The van der Waals surface area contributed by atoms with Crippen molar-refractivity contribution in [3.8, 4) is 0 Å². The van der Waals surface area contributed by atoms with Crippen molar-refractivity contribution >= 4 is 11.9 Å². The fraction of sp³-hybridized carbons (Fsp3) is 0.846. The first-order valence-corrected chi connectivity index (χ1v) is 6.24. The summed E-state index contributed by atoms with van der Waals surface area (Å²) < 4.78 is 0. The second kappa shape index (κ2) is 4.88. The Kier molecular flexibility index (Phi) is 4.05. The van der Waals surface area contributed by atoms with Crippen LogP contribution in [0.2, 0.25) is 0 Å². The van der Waals surface area contributed by atoms with E-state index in [9.17, 15) is 14.7 Å². The lowest BCUT2D eigenvalue weighted by Crippen LogP contribution is -2.61. The molecule has 0 aliphatic heterocycles. The van der Waals surface area contributed by atoms with Gasteiger partial charge in [-0.3, -0.25) is 9.59 Å². The largest absolute Gasteiger partial charge is 0.481 e. The Morgan fingerprint density at radius 3 is 2.28 bits per heavy atom. The van der Waals surface area contributed by atoms with E-state index in [0.29, 0.717) is 6.42 Å². The summed E-state index contributed by atoms with van der Waals surface area (Å²) in [5.74, 6) is -1.04. The highest BCUT2D eigenvalue weighted by atomic mass is 16.4. The van der Waals surface area contributed by atoms with Gasteiger partial charge in [0, 0.05) is 17.9 Å². The number of amides is 1. The van der Waals surface area contributed by atoms with E-state index in [-0.39, 0.29) is 36.3 Å². The normalized spacial score (nSPS) is 26.3. The van der Waals surface area contributed by atoms with Gasteiger partial charge in [-0.05, 0) is 11.8 Å². The quantitative estimate of drug-likeness (QED) is 0.689. The van der Waals surface area contributed by atoms with Gasteiger partial charge in [-0.25, -0.2) is 0 Å². The lowest BCUT2D eigenvalue weighted by atomic mass is 9.64. The highest BCUT2D eigenvalue weighted by Crippen LogP contribution is 2.40. The summed E-state index contributed by atoms with van der Waals surface area (Å²) >= 11 is 0. The third-order valence-electron chi connectivity index (χ3n) is 3.82. The maximum Gasteiger partial charge on any atom is 0.303 e. The molecule has 5 heteroatoms. The molecule has 0 spiro atoms. The highest BCUT2D eigenvalue weighted by molar-refractivity contribution is 5.78. The molecule has 1 saturated carbocycles. The van der Waals surface area contributed by atoms with Gasteiger partial charge in [0.25, 0.3) is 0 Å². The van der Waals surface area contributed by atoms with Gasteiger partial charge < -0.3 is 15.5 Å². The van der Waals surface area contributed by atoms with Gasteiger partial charge in [-0.2, -0.15) is 0 Å². The topological polar surface area (TPSA) is 86.6 Å². The van der Waals surface area contributed by atoms with E-state index in [1.54, 1.807) is 13.8 Å². The Hall–Kier alpha value is -1.10. The average Bonchev–Trinajstić information content (AvgIpc) is 2.13. The molecule has 1 amide bonds. The van der Waals surface area contributed by atoms with Crippen LogP contribution >= 0.6 is 0 Å². The third-order valence-corrected chi connectivity index (χ3v) is 3.82. The maximum absolute atomic E-state index is 11.9. The predicted octanol–water partition coefficient (Wildman–Crippen LogP) is 1.15. The number of hydrogen-bond acceptors (Lipinski definition) is 3. The molecule has 1 aliphatic carbocycles. The van der Waals surface area contributed by atoms with E-state index < -0.39 is 11.4 Å². The number of hydrogen-bond donors (Lipinski definition) is 3. The standard InChI is InChI=1S/C13H23NO4/c1-12(2,7-11(17)18)6-10(16)14-8-5-9(15)13(8,3)4/h8-9,15H,5-7H2,1-4H3,(H,14,16)(H,17,18). The second-order valence-corrected chi connectivity index (χ2v) is 6.60. The monoisotopic (exact) mass is 257 g/mol. The number of rotatable bonds is 5. The van der Waals surface area contributed by atoms with Crippen molar-refractivity contribution in [3.63, 3.8) is 0 Å². The van der Waals surface area contributed by atoms with Crippen molar-refractivity contribution in [2.75, 3.05) is 0 Å². The van der Waals surface area contributed by atoms with Crippen LogP contribution < -0.4 is 5.32 Å². The smallest absolute Gasteiger partial charge is 0.303 e. The Morgan fingerprint density at radius 1 is 1.33 bits per heavy atom. The van der Waals surface area contributed by atoms with Crippen molar-refractivity contribution < 1.29 is 19.8 Å². The molecular formula is C13H23NO4. The number of carboxylic acids is 1. The molecule has 5 nitrogen and oxygen atoms in total. The summed E-state index contributed by atoms with van der Waals surface area (Å²) in [6.07, 6.45) is 0.340.